The maximum Gasteiger partial charge on any atom is 0.251 e. The molecule has 0 aromatic heterocycles. The van der Waals surface area contributed by atoms with Gasteiger partial charge >= 0.3 is 0 Å². The normalized spacial score (nSPS) is 11.4. The molecule has 0 saturated heterocycles. The van der Waals surface area contributed by atoms with Crippen LogP contribution in [0, 0.1) is 0 Å². The Morgan fingerprint density at radius 3 is 2.81 bits per heavy atom. The first-order chi connectivity index (χ1) is 7.13. The number of hydrogen-bond donors (Lipinski definition) is 2. The minimum Gasteiger partial charge on any atom is -0.399 e. The second-order valence-electron chi connectivity index (χ2n) is 3.38. The van der Waals surface area contributed by atoms with Gasteiger partial charge in [0.1, 0.15) is 0 Å². The monoisotopic (exact) mass is 260 g/mol. The largest absolute Gasteiger partial charge is 0.399 e. The van der Waals surface area contributed by atoms with Crippen molar-refractivity contribution in [3.8, 4) is 0 Å². The van der Waals surface area contributed by atoms with Crippen LogP contribution in [0.15, 0.2) is 24.3 Å². The maximum atomic E-state index is 11.6. The second-order valence-corrected chi connectivity index (χ2v) is 4.66. The molecular formula is C11H17ClN2OS. The minimum atomic E-state index is -0.0665. The molecule has 0 radical (unpaired) electrons. The Bertz CT molecular complexity index is 347. The van der Waals surface area contributed by atoms with Crippen molar-refractivity contribution in [2.75, 3.05) is 18.5 Å². The van der Waals surface area contributed by atoms with E-state index in [1.807, 2.05) is 6.26 Å². The number of rotatable bonds is 4. The van der Waals surface area contributed by atoms with Crippen molar-refractivity contribution >= 4 is 35.8 Å². The van der Waals surface area contributed by atoms with Gasteiger partial charge in [-0.3, -0.25) is 4.79 Å². The van der Waals surface area contributed by atoms with Crippen molar-refractivity contribution in [1.82, 2.24) is 5.32 Å². The standard InChI is InChI=1S/C11H16N2OS.ClH/c1-8(15-2)7-13-11(14)9-4-3-5-10(12)6-9;/h3-6,8H,7,12H2,1-2H3,(H,13,14);1H. The number of anilines is 1. The molecule has 0 aliphatic carbocycles. The Morgan fingerprint density at radius 1 is 1.56 bits per heavy atom. The molecule has 1 amide bonds. The molecule has 90 valence electrons. The number of nitrogens with one attached hydrogen (secondary N) is 1. The van der Waals surface area contributed by atoms with Crippen LogP contribution in [0.25, 0.3) is 0 Å². The first-order valence-corrected chi connectivity index (χ1v) is 6.09. The van der Waals surface area contributed by atoms with Gasteiger partial charge in [0.25, 0.3) is 5.91 Å². The Labute approximate surface area is 107 Å². The van der Waals surface area contributed by atoms with E-state index in [0.717, 1.165) is 0 Å². The number of nitrogens with two attached hydrogens (primary N) is 1. The van der Waals surface area contributed by atoms with Gasteiger partial charge in [-0.1, -0.05) is 13.0 Å². The van der Waals surface area contributed by atoms with E-state index in [4.69, 9.17) is 5.73 Å². The molecule has 0 heterocycles. The van der Waals surface area contributed by atoms with Crippen molar-refractivity contribution in [2.24, 2.45) is 0 Å². The summed E-state index contributed by atoms with van der Waals surface area (Å²) < 4.78 is 0. The molecule has 5 heteroatoms. The fraction of sp³-hybridized carbons (Fsp3) is 0.364. The first kappa shape index (κ1) is 15.1. The highest BCUT2D eigenvalue weighted by Crippen LogP contribution is 2.07. The van der Waals surface area contributed by atoms with Gasteiger partial charge in [-0.25, -0.2) is 0 Å². The van der Waals surface area contributed by atoms with E-state index in [2.05, 4.69) is 12.2 Å². The maximum absolute atomic E-state index is 11.6. The summed E-state index contributed by atoms with van der Waals surface area (Å²) >= 11 is 1.73. The van der Waals surface area contributed by atoms with Crippen LogP contribution in [0.4, 0.5) is 5.69 Å². The highest BCUT2D eigenvalue weighted by Gasteiger charge is 2.06. The summed E-state index contributed by atoms with van der Waals surface area (Å²) in [6.07, 6.45) is 2.03. The number of halogens is 1. The Hall–Kier alpha value is -0.870. The smallest absolute Gasteiger partial charge is 0.251 e. The Morgan fingerprint density at radius 2 is 2.25 bits per heavy atom. The molecule has 0 spiro atoms. The molecule has 1 aromatic carbocycles. The Kier molecular flexibility index (Phi) is 7.01. The van der Waals surface area contributed by atoms with E-state index >= 15 is 0 Å². The molecule has 1 atom stereocenters. The average molecular weight is 261 g/mol. The van der Waals surface area contributed by atoms with Crippen molar-refractivity contribution < 1.29 is 4.79 Å². The zero-order chi connectivity index (χ0) is 11.3. The third-order valence-electron chi connectivity index (χ3n) is 2.10. The number of nitrogen functional groups attached to an aromatic ring is 1. The summed E-state index contributed by atoms with van der Waals surface area (Å²) in [6.45, 7) is 2.75. The first-order valence-electron chi connectivity index (χ1n) is 4.80. The molecular weight excluding hydrogens is 244 g/mol. The van der Waals surface area contributed by atoms with Crippen molar-refractivity contribution in [2.45, 2.75) is 12.2 Å². The van der Waals surface area contributed by atoms with Gasteiger partial charge in [-0.05, 0) is 24.5 Å². The lowest BCUT2D eigenvalue weighted by Crippen LogP contribution is -2.29. The molecule has 0 bridgehead atoms. The topological polar surface area (TPSA) is 55.1 Å². The molecule has 0 fully saturated rings. The van der Waals surface area contributed by atoms with Gasteiger partial charge in [-0.15, -0.1) is 12.4 Å². The number of benzene rings is 1. The van der Waals surface area contributed by atoms with Crippen molar-refractivity contribution in [3.63, 3.8) is 0 Å². The van der Waals surface area contributed by atoms with Crippen molar-refractivity contribution in [1.29, 1.82) is 0 Å². The van der Waals surface area contributed by atoms with Crippen LogP contribution in [0.1, 0.15) is 17.3 Å². The summed E-state index contributed by atoms with van der Waals surface area (Å²) in [5.74, 6) is -0.0665. The zero-order valence-electron chi connectivity index (χ0n) is 9.40. The van der Waals surface area contributed by atoms with Crippen LogP contribution in [0.3, 0.4) is 0 Å². The van der Waals surface area contributed by atoms with Gasteiger partial charge in [-0.2, -0.15) is 11.8 Å². The number of thioether (sulfide) groups is 1. The molecule has 0 aliphatic heterocycles. The molecule has 1 aromatic rings. The highest BCUT2D eigenvalue weighted by molar-refractivity contribution is 7.99. The molecule has 0 saturated carbocycles. The second kappa shape index (κ2) is 7.41. The van der Waals surface area contributed by atoms with Gasteiger partial charge < -0.3 is 11.1 Å². The van der Waals surface area contributed by atoms with E-state index in [1.54, 1.807) is 36.0 Å². The lowest BCUT2D eigenvalue weighted by atomic mass is 10.2. The zero-order valence-corrected chi connectivity index (χ0v) is 11.0. The lowest BCUT2D eigenvalue weighted by molar-refractivity contribution is 0.0954. The van der Waals surface area contributed by atoms with E-state index in [-0.39, 0.29) is 18.3 Å². The molecule has 3 N–H and O–H groups in total. The number of carbonyl (C=O) groups is 1. The lowest BCUT2D eigenvalue weighted by Gasteiger charge is -2.09. The van der Waals surface area contributed by atoms with Crippen LogP contribution in [0.5, 0.6) is 0 Å². The van der Waals surface area contributed by atoms with Crippen molar-refractivity contribution in [3.05, 3.63) is 29.8 Å². The summed E-state index contributed by atoms with van der Waals surface area (Å²) in [4.78, 5) is 11.6. The third kappa shape index (κ3) is 4.77. The van der Waals surface area contributed by atoms with Gasteiger partial charge in [0.15, 0.2) is 0 Å². The van der Waals surface area contributed by atoms with E-state index in [9.17, 15) is 4.79 Å². The minimum absolute atomic E-state index is 0. The summed E-state index contributed by atoms with van der Waals surface area (Å²) in [5, 5.41) is 3.29. The summed E-state index contributed by atoms with van der Waals surface area (Å²) in [7, 11) is 0. The average Bonchev–Trinajstić information content (AvgIpc) is 2.25. The molecule has 1 unspecified atom stereocenters. The quantitative estimate of drug-likeness (QED) is 0.816. The summed E-state index contributed by atoms with van der Waals surface area (Å²) in [5.41, 5.74) is 6.82. The van der Waals surface area contributed by atoms with Crippen LogP contribution in [-0.2, 0) is 0 Å². The number of amides is 1. The summed E-state index contributed by atoms with van der Waals surface area (Å²) in [6, 6.07) is 6.98. The predicted octanol–water partition coefficient (Wildman–Crippen LogP) is 2.17. The van der Waals surface area contributed by atoms with Gasteiger partial charge in [0.05, 0.1) is 0 Å². The van der Waals surface area contributed by atoms with Crippen LogP contribution >= 0.6 is 24.2 Å². The predicted molar refractivity (Wildman–Crippen MR) is 73.4 cm³/mol. The fourth-order valence-electron chi connectivity index (χ4n) is 1.10. The highest BCUT2D eigenvalue weighted by atomic mass is 35.5. The molecule has 16 heavy (non-hydrogen) atoms. The molecule has 3 nitrogen and oxygen atoms in total. The Balaban J connectivity index is 0.00000225. The van der Waals surface area contributed by atoms with Gasteiger partial charge in [0.2, 0.25) is 0 Å². The number of carbonyl (C=O) groups excluding carboxylic acids is 1. The third-order valence-corrected chi connectivity index (χ3v) is 3.07. The van der Waals surface area contributed by atoms with E-state index < -0.39 is 0 Å². The molecule has 0 aliphatic rings. The molecule has 1 rings (SSSR count). The van der Waals surface area contributed by atoms with E-state index in [1.165, 1.54) is 0 Å². The fourth-order valence-corrected chi connectivity index (χ4v) is 1.35. The van der Waals surface area contributed by atoms with Crippen LogP contribution in [-0.4, -0.2) is 24.0 Å². The SMILES string of the molecule is CSC(C)CNC(=O)c1cccc(N)c1.Cl. The number of hydrogen-bond acceptors (Lipinski definition) is 3. The van der Waals surface area contributed by atoms with E-state index in [0.29, 0.717) is 23.0 Å². The van der Waals surface area contributed by atoms with Gasteiger partial charge in [0, 0.05) is 23.0 Å². The van der Waals surface area contributed by atoms with Crippen LogP contribution in [0.2, 0.25) is 0 Å². The van der Waals surface area contributed by atoms with Crippen LogP contribution < -0.4 is 11.1 Å².